The second-order valence-corrected chi connectivity index (χ2v) is 7.59. The number of hydrogen-bond acceptors (Lipinski definition) is 6. The number of nitro benzene ring substituents is 1. The van der Waals surface area contributed by atoms with E-state index in [1.165, 1.54) is 0 Å². The van der Waals surface area contributed by atoms with Crippen LogP contribution in [0.25, 0.3) is 16.9 Å². The average Bonchev–Trinajstić information content (AvgIpc) is 2.88. The number of nitrogens with one attached hydrogen (secondary N) is 1. The maximum atomic E-state index is 11.6. The molecule has 1 N–H and O–H groups in total. The van der Waals surface area contributed by atoms with Crippen molar-refractivity contribution >= 4 is 11.3 Å². The van der Waals surface area contributed by atoms with Crippen molar-refractivity contribution in [2.75, 3.05) is 32.8 Å². The Morgan fingerprint density at radius 1 is 1.23 bits per heavy atom. The van der Waals surface area contributed by atoms with Crippen molar-refractivity contribution in [3.05, 3.63) is 57.9 Å². The zero-order valence-corrected chi connectivity index (χ0v) is 17.4. The molecule has 0 unspecified atom stereocenters. The molecule has 0 radical (unpaired) electrons. The van der Waals surface area contributed by atoms with E-state index in [4.69, 9.17) is 9.72 Å². The van der Waals surface area contributed by atoms with Crippen LogP contribution in [-0.2, 0) is 6.54 Å². The van der Waals surface area contributed by atoms with Crippen molar-refractivity contribution in [3.8, 4) is 17.0 Å². The lowest BCUT2D eigenvalue weighted by molar-refractivity contribution is -0.385. The van der Waals surface area contributed by atoms with E-state index in [-0.39, 0.29) is 11.4 Å². The molecule has 1 aromatic carbocycles. The fourth-order valence-electron chi connectivity index (χ4n) is 3.94. The molecule has 8 nitrogen and oxygen atoms in total. The number of ether oxygens (including phenoxy) is 1. The molecule has 1 aliphatic heterocycles. The average molecular weight is 409 g/mol. The summed E-state index contributed by atoms with van der Waals surface area (Å²) in [4.78, 5) is 18.5. The van der Waals surface area contributed by atoms with Crippen LogP contribution in [0.1, 0.15) is 24.6 Å². The summed E-state index contributed by atoms with van der Waals surface area (Å²) in [5.74, 6) is 0.283. The Morgan fingerprint density at radius 3 is 2.90 bits per heavy atom. The number of hydrogen-bond donors (Lipinski definition) is 1. The topological polar surface area (TPSA) is 84.9 Å². The van der Waals surface area contributed by atoms with Gasteiger partial charge in [0.1, 0.15) is 5.65 Å². The Balaban J connectivity index is 1.81. The van der Waals surface area contributed by atoms with E-state index in [1.54, 1.807) is 12.1 Å². The van der Waals surface area contributed by atoms with Crippen molar-refractivity contribution < 1.29 is 9.66 Å². The molecule has 0 saturated carbocycles. The highest BCUT2D eigenvalue weighted by atomic mass is 16.6. The Bertz CT molecular complexity index is 1050. The number of imidazole rings is 1. The number of aryl methyl sites for hydroxylation is 1. The van der Waals surface area contributed by atoms with E-state index in [2.05, 4.69) is 20.7 Å². The lowest BCUT2D eigenvalue weighted by Gasteiger charge is -2.20. The van der Waals surface area contributed by atoms with Crippen molar-refractivity contribution in [2.24, 2.45) is 0 Å². The summed E-state index contributed by atoms with van der Waals surface area (Å²) in [5, 5.41) is 15.1. The van der Waals surface area contributed by atoms with Gasteiger partial charge in [0.2, 0.25) is 0 Å². The second-order valence-electron chi connectivity index (χ2n) is 7.59. The molecule has 1 aliphatic rings. The smallest absolute Gasteiger partial charge is 0.311 e. The Hall–Kier alpha value is -2.97. The van der Waals surface area contributed by atoms with E-state index in [1.807, 2.05) is 32.2 Å². The highest BCUT2D eigenvalue weighted by Gasteiger charge is 2.22. The molecule has 8 heteroatoms. The van der Waals surface area contributed by atoms with Gasteiger partial charge in [-0.15, -0.1) is 0 Å². The van der Waals surface area contributed by atoms with Crippen LogP contribution in [0.4, 0.5) is 5.69 Å². The van der Waals surface area contributed by atoms with Crippen LogP contribution in [0.15, 0.2) is 36.5 Å². The van der Waals surface area contributed by atoms with E-state index in [0.29, 0.717) is 6.61 Å². The number of benzene rings is 1. The molecule has 2 aromatic heterocycles. The quantitative estimate of drug-likeness (QED) is 0.496. The maximum Gasteiger partial charge on any atom is 0.311 e. The number of fused-ring (bicyclic) bond motifs is 1. The van der Waals surface area contributed by atoms with Gasteiger partial charge in [0.15, 0.2) is 5.75 Å². The third-order valence-corrected chi connectivity index (χ3v) is 5.42. The van der Waals surface area contributed by atoms with Gasteiger partial charge >= 0.3 is 5.69 Å². The van der Waals surface area contributed by atoms with Gasteiger partial charge in [-0.1, -0.05) is 0 Å². The highest BCUT2D eigenvalue weighted by Crippen LogP contribution is 2.34. The van der Waals surface area contributed by atoms with Crippen LogP contribution in [0, 0.1) is 17.0 Å². The largest absolute Gasteiger partial charge is 0.487 e. The third kappa shape index (κ3) is 4.15. The lowest BCUT2D eigenvalue weighted by atomic mass is 10.1. The van der Waals surface area contributed by atoms with E-state index < -0.39 is 4.92 Å². The minimum absolute atomic E-state index is 0.0347. The van der Waals surface area contributed by atoms with Crippen molar-refractivity contribution in [3.63, 3.8) is 0 Å². The highest BCUT2D eigenvalue weighted by molar-refractivity contribution is 5.71. The molecule has 0 bridgehead atoms. The van der Waals surface area contributed by atoms with Gasteiger partial charge < -0.3 is 14.5 Å². The molecule has 0 aliphatic carbocycles. The number of nitrogens with zero attached hydrogens (tertiary/aromatic N) is 4. The van der Waals surface area contributed by atoms with Gasteiger partial charge in [0, 0.05) is 37.5 Å². The molecular formula is C22H27N5O3. The van der Waals surface area contributed by atoms with Gasteiger partial charge in [-0.05, 0) is 63.2 Å². The first kappa shape index (κ1) is 20.3. The summed E-state index contributed by atoms with van der Waals surface area (Å²) in [6.07, 6.45) is 3.13. The molecule has 158 valence electrons. The van der Waals surface area contributed by atoms with E-state index in [9.17, 15) is 10.1 Å². The lowest BCUT2D eigenvalue weighted by Crippen LogP contribution is -2.28. The second kappa shape index (κ2) is 8.81. The summed E-state index contributed by atoms with van der Waals surface area (Å²) in [5.41, 5.74) is 4.50. The number of nitro groups is 1. The zero-order valence-electron chi connectivity index (χ0n) is 17.4. The molecule has 1 fully saturated rings. The van der Waals surface area contributed by atoms with Crippen LogP contribution in [0.5, 0.6) is 5.75 Å². The molecule has 30 heavy (non-hydrogen) atoms. The van der Waals surface area contributed by atoms with Gasteiger partial charge in [0.05, 0.1) is 22.9 Å². The minimum Gasteiger partial charge on any atom is -0.487 e. The monoisotopic (exact) mass is 409 g/mol. The number of pyridine rings is 1. The van der Waals surface area contributed by atoms with E-state index in [0.717, 1.165) is 67.3 Å². The summed E-state index contributed by atoms with van der Waals surface area (Å²) in [6, 6.07) is 9.21. The molecule has 3 aromatic rings. The summed E-state index contributed by atoms with van der Waals surface area (Å²) >= 11 is 0. The maximum absolute atomic E-state index is 11.6. The summed E-state index contributed by atoms with van der Waals surface area (Å²) in [6.45, 7) is 8.92. The molecule has 3 heterocycles. The Kier molecular flexibility index (Phi) is 5.96. The van der Waals surface area contributed by atoms with Gasteiger partial charge in [-0.25, -0.2) is 4.98 Å². The standard InChI is InChI=1S/C22H27N5O3/c1-3-30-20-6-5-17(14-18(20)27(28)29)22-19(15-25-10-4-8-23-9-12-25)26-11-7-16(2)13-21(26)24-22/h5-7,11,13-14,23H,3-4,8-10,12,15H2,1-2H3. The van der Waals surface area contributed by atoms with Gasteiger partial charge in [-0.3, -0.25) is 15.0 Å². The van der Waals surface area contributed by atoms with E-state index >= 15 is 0 Å². The van der Waals surface area contributed by atoms with Gasteiger partial charge in [-0.2, -0.15) is 0 Å². The Morgan fingerprint density at radius 2 is 2.10 bits per heavy atom. The normalized spacial score (nSPS) is 15.3. The molecule has 0 atom stereocenters. The predicted octanol–water partition coefficient (Wildman–Crippen LogP) is 3.41. The van der Waals surface area contributed by atoms with Crippen molar-refractivity contribution in [1.82, 2.24) is 19.6 Å². The molecular weight excluding hydrogens is 382 g/mol. The van der Waals surface area contributed by atoms with Crippen LogP contribution in [-0.4, -0.2) is 52.0 Å². The van der Waals surface area contributed by atoms with Crippen molar-refractivity contribution in [1.29, 1.82) is 0 Å². The molecule has 0 spiro atoms. The SMILES string of the molecule is CCOc1ccc(-c2nc3cc(C)ccn3c2CN2CCCNCC2)cc1[N+](=O)[O-]. The molecule has 0 amide bonds. The first-order valence-electron chi connectivity index (χ1n) is 10.4. The van der Waals surface area contributed by atoms with Crippen LogP contribution >= 0.6 is 0 Å². The third-order valence-electron chi connectivity index (χ3n) is 5.42. The summed E-state index contributed by atoms with van der Waals surface area (Å²) < 4.78 is 7.55. The van der Waals surface area contributed by atoms with Gasteiger partial charge in [0.25, 0.3) is 0 Å². The fraction of sp³-hybridized carbons (Fsp3) is 0.409. The fourth-order valence-corrected chi connectivity index (χ4v) is 3.94. The van der Waals surface area contributed by atoms with Crippen molar-refractivity contribution in [2.45, 2.75) is 26.8 Å². The predicted molar refractivity (Wildman–Crippen MR) is 116 cm³/mol. The molecule has 4 rings (SSSR count). The van der Waals surface area contributed by atoms with Crippen LogP contribution in [0.2, 0.25) is 0 Å². The Labute approximate surface area is 175 Å². The first-order valence-corrected chi connectivity index (χ1v) is 10.4. The van der Waals surface area contributed by atoms with Crippen LogP contribution < -0.4 is 10.1 Å². The van der Waals surface area contributed by atoms with Crippen LogP contribution in [0.3, 0.4) is 0 Å². The first-order chi connectivity index (χ1) is 14.6. The minimum atomic E-state index is -0.394. The molecule has 1 saturated heterocycles. The zero-order chi connectivity index (χ0) is 21.1. The summed E-state index contributed by atoms with van der Waals surface area (Å²) in [7, 11) is 0. The number of rotatable bonds is 6. The number of aromatic nitrogens is 2.